The van der Waals surface area contributed by atoms with E-state index in [0.717, 1.165) is 11.1 Å². The summed E-state index contributed by atoms with van der Waals surface area (Å²) in [5.74, 6) is 0.842. The fraction of sp³-hybridized carbons (Fsp3) is 0.111. The van der Waals surface area contributed by atoms with Crippen LogP contribution < -0.4 is 14.8 Å². The molecule has 3 rings (SSSR count). The summed E-state index contributed by atoms with van der Waals surface area (Å²) >= 11 is 21.8. The minimum absolute atomic E-state index is 0.210. The van der Waals surface area contributed by atoms with Gasteiger partial charge in [0.05, 0.1) is 16.5 Å². The van der Waals surface area contributed by atoms with Crippen molar-refractivity contribution in [1.29, 1.82) is 0 Å². The van der Waals surface area contributed by atoms with Crippen LogP contribution in [0.4, 0.5) is 0 Å². The van der Waals surface area contributed by atoms with Gasteiger partial charge in [0.15, 0.2) is 11.5 Å². The summed E-state index contributed by atoms with van der Waals surface area (Å²) in [5.41, 5.74) is 1.58. The van der Waals surface area contributed by atoms with E-state index >= 15 is 0 Å². The topological polar surface area (TPSA) is 47.6 Å². The standard InChI is InChI=1S/C18H12BrCl2NO3S2/c1-24-14-5-9(6-15-17(23)22-18(26)27-15)4-12(19)16(14)25-8-10-2-3-11(20)7-13(10)21/h2-7H,8H2,1H3,(H,22,23,26)/b15-6+. The van der Waals surface area contributed by atoms with E-state index in [0.29, 0.717) is 35.2 Å². The summed E-state index contributed by atoms with van der Waals surface area (Å²) < 4.78 is 12.5. The number of carbonyl (C=O) groups excluding carboxylic acids is 1. The third-order valence-corrected chi connectivity index (χ3v) is 5.92. The lowest BCUT2D eigenvalue weighted by Gasteiger charge is -2.14. The number of hydrogen-bond donors (Lipinski definition) is 1. The van der Waals surface area contributed by atoms with Gasteiger partial charge in [0.25, 0.3) is 5.91 Å². The molecule has 0 bridgehead atoms. The third kappa shape index (κ3) is 4.97. The van der Waals surface area contributed by atoms with Crippen molar-refractivity contribution >= 4 is 79.4 Å². The molecule has 1 fully saturated rings. The van der Waals surface area contributed by atoms with Crippen molar-refractivity contribution in [3.63, 3.8) is 0 Å². The number of thiocarbonyl (C=S) groups is 1. The van der Waals surface area contributed by atoms with E-state index in [1.54, 1.807) is 31.4 Å². The zero-order chi connectivity index (χ0) is 19.6. The highest BCUT2D eigenvalue weighted by molar-refractivity contribution is 9.10. The molecule has 9 heteroatoms. The van der Waals surface area contributed by atoms with Crippen molar-refractivity contribution in [1.82, 2.24) is 5.32 Å². The summed E-state index contributed by atoms with van der Waals surface area (Å²) in [6.45, 7) is 0.248. The molecule has 1 saturated heterocycles. The number of benzene rings is 2. The van der Waals surface area contributed by atoms with E-state index in [9.17, 15) is 4.79 Å². The van der Waals surface area contributed by atoms with Gasteiger partial charge in [-0.05, 0) is 51.8 Å². The molecule has 140 valence electrons. The Kier molecular flexibility index (Phi) is 6.70. The molecule has 1 aliphatic heterocycles. The van der Waals surface area contributed by atoms with E-state index in [1.165, 1.54) is 11.8 Å². The molecule has 27 heavy (non-hydrogen) atoms. The Hall–Kier alpha value is -1.25. The monoisotopic (exact) mass is 503 g/mol. The van der Waals surface area contributed by atoms with Crippen molar-refractivity contribution in [3.8, 4) is 11.5 Å². The number of nitrogens with one attached hydrogen (secondary N) is 1. The zero-order valence-corrected chi connectivity index (χ0v) is 18.6. The van der Waals surface area contributed by atoms with E-state index in [1.807, 2.05) is 12.1 Å². The van der Waals surface area contributed by atoms with Gasteiger partial charge in [0.1, 0.15) is 10.9 Å². The van der Waals surface area contributed by atoms with Gasteiger partial charge in [-0.3, -0.25) is 4.79 Å². The van der Waals surface area contributed by atoms with Crippen molar-refractivity contribution in [2.24, 2.45) is 0 Å². The highest BCUT2D eigenvalue weighted by Crippen LogP contribution is 2.39. The Labute approximate surface area is 184 Å². The fourth-order valence-electron chi connectivity index (χ4n) is 2.32. The number of ether oxygens (including phenoxy) is 2. The fourth-order valence-corrected chi connectivity index (χ4v) is 4.41. The first-order valence-electron chi connectivity index (χ1n) is 7.56. The summed E-state index contributed by atoms with van der Waals surface area (Å²) in [6, 6.07) is 8.85. The molecule has 1 aliphatic rings. The molecular weight excluding hydrogens is 493 g/mol. The molecular formula is C18H12BrCl2NO3S2. The Morgan fingerprint density at radius 2 is 2.07 bits per heavy atom. The number of carbonyl (C=O) groups is 1. The number of methoxy groups -OCH3 is 1. The largest absolute Gasteiger partial charge is 0.493 e. The summed E-state index contributed by atoms with van der Waals surface area (Å²) in [6.07, 6.45) is 1.74. The molecule has 2 aromatic rings. The van der Waals surface area contributed by atoms with E-state index in [4.69, 9.17) is 44.9 Å². The molecule has 4 nitrogen and oxygen atoms in total. The van der Waals surface area contributed by atoms with Crippen LogP contribution in [-0.4, -0.2) is 17.3 Å². The average molecular weight is 505 g/mol. The van der Waals surface area contributed by atoms with Gasteiger partial charge >= 0.3 is 0 Å². The van der Waals surface area contributed by atoms with Crippen molar-refractivity contribution in [2.75, 3.05) is 7.11 Å². The van der Waals surface area contributed by atoms with Gasteiger partial charge in [-0.2, -0.15) is 0 Å². The van der Waals surface area contributed by atoms with Crippen LogP contribution in [0.1, 0.15) is 11.1 Å². The second kappa shape index (κ2) is 8.84. The first kappa shape index (κ1) is 20.5. The van der Waals surface area contributed by atoms with Crippen LogP contribution in [-0.2, 0) is 11.4 Å². The lowest BCUT2D eigenvalue weighted by molar-refractivity contribution is -0.115. The summed E-state index contributed by atoms with van der Waals surface area (Å²) in [4.78, 5) is 12.4. The van der Waals surface area contributed by atoms with Gasteiger partial charge in [0.2, 0.25) is 0 Å². The van der Waals surface area contributed by atoms with Crippen LogP contribution in [0.15, 0.2) is 39.7 Å². The van der Waals surface area contributed by atoms with Crippen LogP contribution in [0, 0.1) is 0 Å². The highest BCUT2D eigenvalue weighted by atomic mass is 79.9. The quantitative estimate of drug-likeness (QED) is 0.410. The lowest BCUT2D eigenvalue weighted by atomic mass is 10.2. The Morgan fingerprint density at radius 3 is 2.70 bits per heavy atom. The van der Waals surface area contributed by atoms with Crippen LogP contribution in [0.25, 0.3) is 6.08 Å². The van der Waals surface area contributed by atoms with Crippen molar-refractivity contribution in [2.45, 2.75) is 6.61 Å². The third-order valence-electron chi connectivity index (χ3n) is 3.58. The first-order valence-corrected chi connectivity index (χ1v) is 10.3. The molecule has 2 aromatic carbocycles. The van der Waals surface area contributed by atoms with E-state index < -0.39 is 0 Å². The maximum absolute atomic E-state index is 11.8. The van der Waals surface area contributed by atoms with Gasteiger partial charge in [-0.25, -0.2) is 0 Å². The number of thioether (sulfide) groups is 1. The first-order chi connectivity index (χ1) is 12.9. The molecule has 0 spiro atoms. The molecule has 0 atom stereocenters. The van der Waals surface area contributed by atoms with Crippen molar-refractivity contribution < 1.29 is 14.3 Å². The SMILES string of the molecule is COc1cc(/C=C2/SC(=S)NC2=O)cc(Br)c1OCc1ccc(Cl)cc1Cl. The molecule has 0 aliphatic carbocycles. The van der Waals surface area contributed by atoms with Gasteiger partial charge in [0, 0.05) is 15.6 Å². The second-order valence-corrected chi connectivity index (χ2v) is 8.83. The average Bonchev–Trinajstić information content (AvgIpc) is 2.92. The van der Waals surface area contributed by atoms with Gasteiger partial charge < -0.3 is 14.8 Å². The summed E-state index contributed by atoms with van der Waals surface area (Å²) in [5, 5.41) is 3.68. The van der Waals surface area contributed by atoms with Crippen LogP contribution in [0.5, 0.6) is 11.5 Å². The molecule has 1 amide bonds. The number of halogens is 3. The lowest BCUT2D eigenvalue weighted by Crippen LogP contribution is -2.17. The van der Waals surface area contributed by atoms with Crippen LogP contribution >= 0.6 is 63.1 Å². The predicted octanol–water partition coefficient (Wildman–Crippen LogP) is 5.83. The molecule has 0 aromatic heterocycles. The van der Waals surface area contributed by atoms with Crippen LogP contribution in [0.3, 0.4) is 0 Å². The number of hydrogen-bond acceptors (Lipinski definition) is 5. The molecule has 1 N–H and O–H groups in total. The van der Waals surface area contributed by atoms with E-state index in [2.05, 4.69) is 21.2 Å². The van der Waals surface area contributed by atoms with Gasteiger partial charge in [-0.15, -0.1) is 0 Å². The Bertz CT molecular complexity index is 966. The molecule has 0 saturated carbocycles. The predicted molar refractivity (Wildman–Crippen MR) is 118 cm³/mol. The number of amides is 1. The van der Waals surface area contributed by atoms with Gasteiger partial charge in [-0.1, -0.05) is 53.2 Å². The maximum Gasteiger partial charge on any atom is 0.263 e. The minimum atomic E-state index is -0.210. The zero-order valence-electron chi connectivity index (χ0n) is 13.8. The maximum atomic E-state index is 11.8. The number of rotatable bonds is 5. The van der Waals surface area contributed by atoms with Crippen LogP contribution in [0.2, 0.25) is 10.0 Å². The molecule has 1 heterocycles. The smallest absolute Gasteiger partial charge is 0.263 e. The van der Waals surface area contributed by atoms with Crippen molar-refractivity contribution in [3.05, 3.63) is 60.9 Å². The highest BCUT2D eigenvalue weighted by Gasteiger charge is 2.22. The normalized spacial score (nSPS) is 15.2. The van der Waals surface area contributed by atoms with E-state index in [-0.39, 0.29) is 12.5 Å². The Morgan fingerprint density at radius 1 is 1.30 bits per heavy atom. The second-order valence-electron chi connectivity index (χ2n) is 5.41. The minimum Gasteiger partial charge on any atom is -0.493 e. The Balaban J connectivity index is 1.85. The molecule has 0 unspecified atom stereocenters. The molecule has 0 radical (unpaired) electrons. The summed E-state index contributed by atoms with van der Waals surface area (Å²) in [7, 11) is 1.55.